The zero-order chi connectivity index (χ0) is 19.6. The summed E-state index contributed by atoms with van der Waals surface area (Å²) >= 11 is 0. The highest BCUT2D eigenvalue weighted by atomic mass is 32.2. The fourth-order valence-electron chi connectivity index (χ4n) is 2.95. The van der Waals surface area contributed by atoms with Gasteiger partial charge in [0, 0.05) is 38.3 Å². The molecule has 1 heterocycles. The number of nitro benzene ring substituents is 1. The minimum atomic E-state index is -3.84. The fraction of sp³-hybridized carbons (Fsp3) is 0.588. The van der Waals surface area contributed by atoms with Gasteiger partial charge in [-0.2, -0.15) is 4.31 Å². The summed E-state index contributed by atoms with van der Waals surface area (Å²) in [4.78, 5) is 24.2. The van der Waals surface area contributed by atoms with Gasteiger partial charge in [-0.25, -0.2) is 8.42 Å². The number of carbonyl (C=O) groups excluding carboxylic acids is 1. The molecule has 1 aromatic carbocycles. The van der Waals surface area contributed by atoms with Gasteiger partial charge in [0.2, 0.25) is 10.0 Å². The molecule has 1 saturated heterocycles. The van der Waals surface area contributed by atoms with Crippen molar-refractivity contribution in [1.82, 2.24) is 9.21 Å². The maximum Gasteiger partial charge on any atom is 0.270 e. The number of rotatable bonds is 7. The van der Waals surface area contributed by atoms with Crippen LogP contribution in [0.15, 0.2) is 29.2 Å². The van der Waals surface area contributed by atoms with Crippen molar-refractivity contribution in [3.8, 4) is 0 Å². The molecular formula is C17H23N3O6S. The first-order valence-electron chi connectivity index (χ1n) is 8.94. The quantitative estimate of drug-likeness (QED) is 0.506. The van der Waals surface area contributed by atoms with E-state index in [0.717, 1.165) is 18.9 Å². The van der Waals surface area contributed by atoms with Crippen LogP contribution in [0, 0.1) is 16.0 Å². The number of nitro groups is 1. The van der Waals surface area contributed by atoms with Gasteiger partial charge in [-0.1, -0.05) is 6.07 Å². The van der Waals surface area contributed by atoms with E-state index in [0.29, 0.717) is 12.5 Å². The first-order valence-corrected chi connectivity index (χ1v) is 10.4. The summed E-state index contributed by atoms with van der Waals surface area (Å²) in [5.41, 5.74) is -0.272. The number of amides is 1. The molecule has 2 fully saturated rings. The third-order valence-corrected chi connectivity index (χ3v) is 6.74. The second kappa shape index (κ2) is 7.91. The molecular weight excluding hydrogens is 374 g/mol. The Morgan fingerprint density at radius 3 is 2.56 bits per heavy atom. The Kier molecular flexibility index (Phi) is 5.78. The number of non-ortho nitro benzene ring substituents is 1. The summed E-state index contributed by atoms with van der Waals surface area (Å²) in [7, 11) is -3.84. The third kappa shape index (κ3) is 4.63. The molecule has 1 atom stereocenters. The molecule has 1 unspecified atom stereocenters. The van der Waals surface area contributed by atoms with Crippen molar-refractivity contribution in [3.05, 3.63) is 34.4 Å². The van der Waals surface area contributed by atoms with Crippen LogP contribution in [0.3, 0.4) is 0 Å². The van der Waals surface area contributed by atoms with E-state index in [2.05, 4.69) is 0 Å². The average molecular weight is 397 g/mol. The largest absolute Gasteiger partial charge is 0.368 e. The van der Waals surface area contributed by atoms with Crippen molar-refractivity contribution in [2.75, 3.05) is 32.8 Å². The van der Waals surface area contributed by atoms with Crippen LogP contribution < -0.4 is 0 Å². The maximum absolute atomic E-state index is 12.7. The van der Waals surface area contributed by atoms with E-state index in [9.17, 15) is 23.3 Å². The number of benzene rings is 1. The van der Waals surface area contributed by atoms with Gasteiger partial charge in [-0.3, -0.25) is 14.9 Å². The molecule has 1 aromatic rings. The van der Waals surface area contributed by atoms with E-state index < -0.39 is 21.1 Å². The number of nitrogens with zero attached hydrogens (tertiary/aromatic N) is 3. The van der Waals surface area contributed by atoms with Gasteiger partial charge in [0.15, 0.2) is 0 Å². The molecule has 1 aliphatic heterocycles. The minimum absolute atomic E-state index is 0.113. The average Bonchev–Trinajstić information content (AvgIpc) is 3.50. The Hall–Kier alpha value is -2.04. The Bertz CT molecular complexity index is 816. The van der Waals surface area contributed by atoms with Crippen LogP contribution in [-0.4, -0.2) is 67.3 Å². The zero-order valence-corrected chi connectivity index (χ0v) is 15.9. The van der Waals surface area contributed by atoms with E-state index in [1.165, 1.54) is 22.5 Å². The number of piperazine rings is 1. The summed E-state index contributed by atoms with van der Waals surface area (Å²) in [5.74, 6) is 0.431. The zero-order valence-electron chi connectivity index (χ0n) is 15.1. The molecule has 27 heavy (non-hydrogen) atoms. The topological polar surface area (TPSA) is 110 Å². The number of ether oxygens (including phenoxy) is 1. The predicted octanol–water partition coefficient (Wildman–Crippen LogP) is 1.24. The highest BCUT2D eigenvalue weighted by Crippen LogP contribution is 2.29. The first kappa shape index (κ1) is 19.7. The van der Waals surface area contributed by atoms with Crippen LogP contribution in [0.1, 0.15) is 19.8 Å². The molecule has 10 heteroatoms. The summed E-state index contributed by atoms with van der Waals surface area (Å²) in [6, 6.07) is 5.00. The van der Waals surface area contributed by atoms with E-state index >= 15 is 0 Å². The molecule has 3 rings (SSSR count). The molecule has 0 bridgehead atoms. The molecule has 2 aliphatic rings. The van der Waals surface area contributed by atoms with Gasteiger partial charge in [-0.15, -0.1) is 0 Å². The van der Waals surface area contributed by atoms with Crippen LogP contribution in [0.25, 0.3) is 0 Å². The smallest absolute Gasteiger partial charge is 0.270 e. The number of hydrogen-bond donors (Lipinski definition) is 0. The van der Waals surface area contributed by atoms with Gasteiger partial charge < -0.3 is 9.64 Å². The minimum Gasteiger partial charge on any atom is -0.368 e. The Morgan fingerprint density at radius 1 is 1.30 bits per heavy atom. The second-order valence-corrected chi connectivity index (χ2v) is 8.84. The second-order valence-electron chi connectivity index (χ2n) is 6.90. The number of carbonyl (C=O) groups is 1. The van der Waals surface area contributed by atoms with Gasteiger partial charge in [0.25, 0.3) is 11.6 Å². The van der Waals surface area contributed by atoms with Crippen molar-refractivity contribution < 1.29 is 22.9 Å². The van der Waals surface area contributed by atoms with Crippen LogP contribution in [-0.2, 0) is 19.6 Å². The monoisotopic (exact) mass is 397 g/mol. The summed E-state index contributed by atoms with van der Waals surface area (Å²) < 4.78 is 32.3. The van der Waals surface area contributed by atoms with Crippen LogP contribution in [0.2, 0.25) is 0 Å². The van der Waals surface area contributed by atoms with Crippen LogP contribution in [0.5, 0.6) is 0 Å². The van der Waals surface area contributed by atoms with Gasteiger partial charge in [-0.05, 0) is 31.7 Å². The van der Waals surface area contributed by atoms with E-state index in [4.69, 9.17) is 4.74 Å². The van der Waals surface area contributed by atoms with Gasteiger partial charge in [0.1, 0.15) is 6.10 Å². The SMILES string of the molecule is CC(OCC1CC1)C(=O)N1CCN(S(=O)(=O)c2cccc([N+](=O)[O-])c2)CC1. The fourth-order valence-corrected chi connectivity index (χ4v) is 4.41. The molecule has 0 spiro atoms. The summed E-state index contributed by atoms with van der Waals surface area (Å²) in [6.07, 6.45) is 1.76. The Balaban J connectivity index is 1.59. The first-order chi connectivity index (χ1) is 12.8. The molecule has 0 aromatic heterocycles. The van der Waals surface area contributed by atoms with Crippen molar-refractivity contribution in [2.45, 2.75) is 30.8 Å². The lowest BCUT2D eigenvalue weighted by atomic mass is 10.3. The third-order valence-electron chi connectivity index (χ3n) is 4.84. The van der Waals surface area contributed by atoms with E-state index in [1.54, 1.807) is 11.8 Å². The summed E-state index contributed by atoms with van der Waals surface area (Å²) in [6.45, 7) is 3.14. The van der Waals surface area contributed by atoms with Gasteiger partial charge in [0.05, 0.1) is 16.4 Å². The van der Waals surface area contributed by atoms with Gasteiger partial charge >= 0.3 is 0 Å². The maximum atomic E-state index is 12.7. The normalized spacial score (nSPS) is 19.7. The van der Waals surface area contributed by atoms with Crippen molar-refractivity contribution in [1.29, 1.82) is 0 Å². The molecule has 0 N–H and O–H groups in total. The molecule has 1 saturated carbocycles. The number of sulfonamides is 1. The van der Waals surface area contributed by atoms with Crippen LogP contribution in [0.4, 0.5) is 5.69 Å². The molecule has 1 aliphatic carbocycles. The highest BCUT2D eigenvalue weighted by Gasteiger charge is 2.33. The molecule has 9 nitrogen and oxygen atoms in total. The van der Waals surface area contributed by atoms with E-state index in [-0.39, 0.29) is 42.7 Å². The lowest BCUT2D eigenvalue weighted by Crippen LogP contribution is -2.52. The standard InChI is InChI=1S/C17H23N3O6S/c1-13(26-12-14-5-6-14)17(21)18-7-9-19(10-8-18)27(24,25)16-4-2-3-15(11-16)20(22)23/h2-4,11,13-14H,5-10,12H2,1H3. The Labute approximate surface area is 158 Å². The molecule has 1 amide bonds. The number of hydrogen-bond acceptors (Lipinski definition) is 6. The van der Waals surface area contributed by atoms with Crippen molar-refractivity contribution in [2.24, 2.45) is 5.92 Å². The van der Waals surface area contributed by atoms with E-state index in [1.807, 2.05) is 0 Å². The molecule has 148 valence electrons. The van der Waals surface area contributed by atoms with Crippen molar-refractivity contribution >= 4 is 21.6 Å². The highest BCUT2D eigenvalue weighted by molar-refractivity contribution is 7.89. The lowest BCUT2D eigenvalue weighted by molar-refractivity contribution is -0.385. The lowest BCUT2D eigenvalue weighted by Gasteiger charge is -2.35. The van der Waals surface area contributed by atoms with Crippen LogP contribution >= 0.6 is 0 Å². The molecule has 0 radical (unpaired) electrons. The Morgan fingerprint density at radius 2 is 1.96 bits per heavy atom. The predicted molar refractivity (Wildman–Crippen MR) is 96.6 cm³/mol. The summed E-state index contributed by atoms with van der Waals surface area (Å²) in [5, 5.41) is 10.9. The van der Waals surface area contributed by atoms with Crippen molar-refractivity contribution in [3.63, 3.8) is 0 Å².